The zero-order valence-corrected chi connectivity index (χ0v) is 12.9. The lowest BCUT2D eigenvalue weighted by Gasteiger charge is -2.31. The predicted octanol–water partition coefficient (Wildman–Crippen LogP) is 3.35. The Morgan fingerprint density at radius 2 is 1.90 bits per heavy atom. The molecule has 0 unspecified atom stereocenters. The maximum Gasteiger partial charge on any atom is 0.321 e. The molecule has 0 radical (unpaired) electrons. The first-order valence-corrected chi connectivity index (χ1v) is 7.08. The third-order valence-electron chi connectivity index (χ3n) is 3.57. The first-order valence-electron chi connectivity index (χ1n) is 6.70. The zero-order chi connectivity index (χ0) is 13.7. The van der Waals surface area contributed by atoms with Crippen molar-refractivity contribution < 1.29 is 4.79 Å². The van der Waals surface area contributed by atoms with E-state index in [-0.39, 0.29) is 18.4 Å². The number of likely N-dealkylation sites (tertiary alicyclic amines) is 1. The van der Waals surface area contributed by atoms with Gasteiger partial charge in [-0.1, -0.05) is 11.6 Å². The molecule has 0 atom stereocenters. The summed E-state index contributed by atoms with van der Waals surface area (Å²) in [6, 6.07) is 7.12. The molecule has 1 heterocycles. The van der Waals surface area contributed by atoms with Gasteiger partial charge in [-0.15, -0.1) is 12.4 Å². The van der Waals surface area contributed by atoms with Crippen LogP contribution in [-0.4, -0.2) is 30.6 Å². The molecule has 2 amide bonds. The first kappa shape index (κ1) is 17.1. The summed E-state index contributed by atoms with van der Waals surface area (Å²) in [4.78, 5) is 13.9. The molecule has 0 spiro atoms. The number of nitrogens with zero attached hydrogens (tertiary/aromatic N) is 1. The predicted molar refractivity (Wildman–Crippen MR) is 85.7 cm³/mol. The second-order valence-corrected chi connectivity index (χ2v) is 5.38. The van der Waals surface area contributed by atoms with Gasteiger partial charge < -0.3 is 16.0 Å². The van der Waals surface area contributed by atoms with Gasteiger partial charge in [0.1, 0.15) is 0 Å². The SMILES string of the molecule is Cl.NCCC1CCN(C(=O)Nc2ccc(Cl)cc2)CC1. The summed E-state index contributed by atoms with van der Waals surface area (Å²) in [5, 5.41) is 3.56. The minimum Gasteiger partial charge on any atom is -0.330 e. The fourth-order valence-electron chi connectivity index (χ4n) is 2.40. The van der Waals surface area contributed by atoms with Gasteiger partial charge in [-0.2, -0.15) is 0 Å². The van der Waals surface area contributed by atoms with Crippen LogP contribution in [0, 0.1) is 5.92 Å². The summed E-state index contributed by atoms with van der Waals surface area (Å²) in [5.41, 5.74) is 6.34. The van der Waals surface area contributed by atoms with Crippen molar-refractivity contribution >= 4 is 35.7 Å². The molecule has 1 saturated heterocycles. The minimum absolute atomic E-state index is 0. The molecule has 6 heteroatoms. The van der Waals surface area contributed by atoms with Crippen LogP contribution >= 0.6 is 24.0 Å². The minimum atomic E-state index is -0.0338. The molecule has 20 heavy (non-hydrogen) atoms. The number of nitrogens with one attached hydrogen (secondary N) is 1. The number of benzene rings is 1. The maximum atomic E-state index is 12.1. The Bertz CT molecular complexity index is 417. The van der Waals surface area contributed by atoms with Crippen LogP contribution in [0.1, 0.15) is 19.3 Å². The standard InChI is InChI=1S/C14H20ClN3O.ClH/c15-12-1-3-13(4-2-12)17-14(19)18-9-6-11(5-8-16)7-10-18;/h1-4,11H,5-10,16H2,(H,17,19);1H. The summed E-state index contributed by atoms with van der Waals surface area (Å²) in [6.45, 7) is 2.36. The van der Waals surface area contributed by atoms with Crippen LogP contribution in [0.25, 0.3) is 0 Å². The Labute approximate surface area is 131 Å². The summed E-state index contributed by atoms with van der Waals surface area (Å²) < 4.78 is 0. The van der Waals surface area contributed by atoms with E-state index in [1.807, 2.05) is 4.90 Å². The summed E-state index contributed by atoms with van der Waals surface area (Å²) in [5.74, 6) is 0.671. The monoisotopic (exact) mass is 317 g/mol. The van der Waals surface area contributed by atoms with Crippen LogP contribution in [0.4, 0.5) is 10.5 Å². The molecule has 1 fully saturated rings. The molecule has 0 aliphatic carbocycles. The normalized spacial score (nSPS) is 15.6. The van der Waals surface area contributed by atoms with Gasteiger partial charge in [0.05, 0.1) is 0 Å². The zero-order valence-electron chi connectivity index (χ0n) is 11.3. The lowest BCUT2D eigenvalue weighted by atomic mass is 9.94. The molecule has 4 nitrogen and oxygen atoms in total. The lowest BCUT2D eigenvalue weighted by molar-refractivity contribution is 0.180. The lowest BCUT2D eigenvalue weighted by Crippen LogP contribution is -2.41. The number of halogens is 2. The van der Waals surface area contributed by atoms with Crippen molar-refractivity contribution in [3.8, 4) is 0 Å². The summed E-state index contributed by atoms with van der Waals surface area (Å²) >= 11 is 5.81. The number of amides is 2. The molecular weight excluding hydrogens is 297 g/mol. The maximum absolute atomic E-state index is 12.1. The van der Waals surface area contributed by atoms with E-state index in [4.69, 9.17) is 17.3 Å². The number of piperidine rings is 1. The molecule has 1 aliphatic heterocycles. The number of hydrogen-bond donors (Lipinski definition) is 2. The molecule has 0 saturated carbocycles. The second kappa shape index (κ2) is 8.35. The number of rotatable bonds is 3. The smallest absolute Gasteiger partial charge is 0.321 e. The van der Waals surface area contributed by atoms with E-state index in [9.17, 15) is 4.79 Å². The van der Waals surface area contributed by atoms with Crippen molar-refractivity contribution in [2.24, 2.45) is 11.7 Å². The van der Waals surface area contributed by atoms with Gasteiger partial charge in [0.25, 0.3) is 0 Å². The molecule has 1 aliphatic rings. The number of nitrogens with two attached hydrogens (primary N) is 1. The van der Waals surface area contributed by atoms with Crippen LogP contribution in [0.2, 0.25) is 5.02 Å². The third-order valence-corrected chi connectivity index (χ3v) is 3.82. The van der Waals surface area contributed by atoms with Crippen molar-refractivity contribution in [3.05, 3.63) is 29.3 Å². The highest BCUT2D eigenvalue weighted by molar-refractivity contribution is 6.30. The topological polar surface area (TPSA) is 58.4 Å². The van der Waals surface area contributed by atoms with Crippen molar-refractivity contribution in [3.63, 3.8) is 0 Å². The molecule has 3 N–H and O–H groups in total. The first-order chi connectivity index (χ1) is 9.19. The van der Waals surface area contributed by atoms with E-state index < -0.39 is 0 Å². The molecule has 2 rings (SSSR count). The molecule has 1 aromatic rings. The Kier molecular flexibility index (Phi) is 7.13. The highest BCUT2D eigenvalue weighted by atomic mass is 35.5. The van der Waals surface area contributed by atoms with E-state index in [0.29, 0.717) is 10.9 Å². The highest BCUT2D eigenvalue weighted by Gasteiger charge is 2.22. The Morgan fingerprint density at radius 1 is 1.30 bits per heavy atom. The van der Waals surface area contributed by atoms with Gasteiger partial charge in [0.2, 0.25) is 0 Å². The number of carbonyl (C=O) groups is 1. The van der Waals surface area contributed by atoms with E-state index in [2.05, 4.69) is 5.32 Å². The van der Waals surface area contributed by atoms with Crippen LogP contribution in [0.5, 0.6) is 0 Å². The van der Waals surface area contributed by atoms with Crippen molar-refractivity contribution in [2.45, 2.75) is 19.3 Å². The van der Waals surface area contributed by atoms with Gasteiger partial charge in [-0.3, -0.25) is 0 Å². The van der Waals surface area contributed by atoms with Crippen LogP contribution < -0.4 is 11.1 Å². The number of anilines is 1. The molecule has 112 valence electrons. The van der Waals surface area contributed by atoms with Gasteiger partial charge in [0.15, 0.2) is 0 Å². The number of hydrogen-bond acceptors (Lipinski definition) is 2. The average Bonchev–Trinajstić information content (AvgIpc) is 2.42. The van der Waals surface area contributed by atoms with Crippen molar-refractivity contribution in [1.82, 2.24) is 4.90 Å². The van der Waals surface area contributed by atoms with E-state index in [0.717, 1.165) is 44.6 Å². The fourth-order valence-corrected chi connectivity index (χ4v) is 2.52. The van der Waals surface area contributed by atoms with E-state index in [1.54, 1.807) is 24.3 Å². The largest absolute Gasteiger partial charge is 0.330 e. The van der Waals surface area contributed by atoms with Crippen LogP contribution in [0.3, 0.4) is 0 Å². The van der Waals surface area contributed by atoms with Gasteiger partial charge in [-0.25, -0.2) is 4.79 Å². The molecule has 0 aromatic heterocycles. The number of carbonyl (C=O) groups excluding carboxylic acids is 1. The van der Waals surface area contributed by atoms with Gasteiger partial charge in [0, 0.05) is 23.8 Å². The van der Waals surface area contributed by atoms with E-state index >= 15 is 0 Å². The quantitative estimate of drug-likeness (QED) is 0.898. The fraction of sp³-hybridized carbons (Fsp3) is 0.500. The summed E-state index contributed by atoms with van der Waals surface area (Å²) in [7, 11) is 0. The van der Waals surface area contributed by atoms with Gasteiger partial charge >= 0.3 is 6.03 Å². The van der Waals surface area contributed by atoms with Crippen molar-refractivity contribution in [1.29, 1.82) is 0 Å². The van der Waals surface area contributed by atoms with Crippen LogP contribution in [-0.2, 0) is 0 Å². The highest BCUT2D eigenvalue weighted by Crippen LogP contribution is 2.21. The van der Waals surface area contributed by atoms with E-state index in [1.165, 1.54) is 0 Å². The summed E-state index contributed by atoms with van der Waals surface area (Å²) in [6.07, 6.45) is 3.16. The average molecular weight is 318 g/mol. The third kappa shape index (κ3) is 4.85. The van der Waals surface area contributed by atoms with Crippen molar-refractivity contribution in [2.75, 3.05) is 25.0 Å². The Hall–Kier alpha value is -0.970. The molecular formula is C14H21Cl2N3O. The van der Waals surface area contributed by atoms with Crippen LogP contribution in [0.15, 0.2) is 24.3 Å². The Morgan fingerprint density at radius 3 is 2.45 bits per heavy atom. The second-order valence-electron chi connectivity index (χ2n) is 4.94. The number of urea groups is 1. The Balaban J connectivity index is 0.00000200. The van der Waals surface area contributed by atoms with Gasteiger partial charge in [-0.05, 0) is 56.0 Å². The molecule has 0 bridgehead atoms. The molecule has 1 aromatic carbocycles.